The standard InChI is InChI=1S/C17H15Cl2F3N2O2S/c18-14-4-3-13(8-15(14)19)27(25,26)23-16-7-12(20)2-1-11(16)9-24-6-5-17(21,22)10-24/h1-4,7-8,23H,5-6,9-10H2. The Balaban J connectivity index is 1.87. The third kappa shape index (κ3) is 4.87. The van der Waals surface area contributed by atoms with Crippen molar-refractivity contribution in [1.82, 2.24) is 4.90 Å². The molecule has 2 aromatic rings. The van der Waals surface area contributed by atoms with E-state index in [1.165, 1.54) is 29.2 Å². The molecule has 0 spiro atoms. The molecule has 0 aliphatic carbocycles. The predicted octanol–water partition coefficient (Wildman–Crippen LogP) is 4.77. The maximum absolute atomic E-state index is 13.7. The predicted molar refractivity (Wildman–Crippen MR) is 98.5 cm³/mol. The van der Waals surface area contributed by atoms with E-state index in [0.29, 0.717) is 5.56 Å². The largest absolute Gasteiger partial charge is 0.293 e. The summed E-state index contributed by atoms with van der Waals surface area (Å²) in [6.07, 6.45) is -0.265. The number of benzene rings is 2. The van der Waals surface area contributed by atoms with E-state index in [9.17, 15) is 21.6 Å². The second-order valence-electron chi connectivity index (χ2n) is 6.30. The molecule has 1 heterocycles. The minimum atomic E-state index is -4.07. The molecule has 1 fully saturated rings. The molecule has 0 amide bonds. The van der Waals surface area contributed by atoms with Gasteiger partial charge < -0.3 is 0 Å². The lowest BCUT2D eigenvalue weighted by molar-refractivity contribution is 0.0115. The van der Waals surface area contributed by atoms with Crippen LogP contribution in [0.1, 0.15) is 12.0 Å². The van der Waals surface area contributed by atoms with Gasteiger partial charge >= 0.3 is 0 Å². The molecule has 0 aromatic heterocycles. The summed E-state index contributed by atoms with van der Waals surface area (Å²) in [5, 5.41) is 0.246. The minimum Gasteiger partial charge on any atom is -0.293 e. The van der Waals surface area contributed by atoms with Crippen LogP contribution in [0.5, 0.6) is 0 Å². The van der Waals surface area contributed by atoms with Gasteiger partial charge in [-0.2, -0.15) is 0 Å². The number of hydrogen-bond acceptors (Lipinski definition) is 3. The third-order valence-electron chi connectivity index (χ3n) is 4.16. The number of halogens is 5. The van der Waals surface area contributed by atoms with Gasteiger partial charge in [0.25, 0.3) is 15.9 Å². The summed E-state index contributed by atoms with van der Waals surface area (Å²) < 4.78 is 68.0. The first-order chi connectivity index (χ1) is 12.6. The summed E-state index contributed by atoms with van der Waals surface area (Å²) in [6.45, 7) is -0.193. The average molecular weight is 439 g/mol. The second kappa shape index (κ2) is 7.50. The van der Waals surface area contributed by atoms with Crippen LogP contribution in [0.2, 0.25) is 10.0 Å². The highest BCUT2D eigenvalue weighted by atomic mass is 35.5. The van der Waals surface area contributed by atoms with E-state index < -0.39 is 28.3 Å². The SMILES string of the molecule is O=S(=O)(Nc1cc(F)ccc1CN1CCC(F)(F)C1)c1ccc(Cl)c(Cl)c1. The lowest BCUT2D eigenvalue weighted by Gasteiger charge is -2.19. The molecule has 1 aliphatic rings. The smallest absolute Gasteiger partial charge is 0.261 e. The van der Waals surface area contributed by atoms with Crippen LogP contribution in [0.25, 0.3) is 0 Å². The van der Waals surface area contributed by atoms with Crippen LogP contribution >= 0.6 is 23.2 Å². The minimum absolute atomic E-state index is 0.0173. The van der Waals surface area contributed by atoms with Crippen LogP contribution in [0.15, 0.2) is 41.3 Å². The van der Waals surface area contributed by atoms with Crippen LogP contribution in [0, 0.1) is 5.82 Å². The van der Waals surface area contributed by atoms with Crippen molar-refractivity contribution >= 4 is 38.9 Å². The summed E-state index contributed by atoms with van der Waals surface area (Å²) in [4.78, 5) is 1.34. The van der Waals surface area contributed by atoms with E-state index in [1.807, 2.05) is 0 Å². The zero-order valence-electron chi connectivity index (χ0n) is 13.9. The molecule has 0 atom stereocenters. The van der Waals surface area contributed by atoms with Crippen molar-refractivity contribution in [3.63, 3.8) is 0 Å². The van der Waals surface area contributed by atoms with Crippen LogP contribution in [0.3, 0.4) is 0 Å². The fourth-order valence-electron chi connectivity index (χ4n) is 2.81. The quantitative estimate of drug-likeness (QED) is 0.730. The number of nitrogens with zero attached hydrogens (tertiary/aromatic N) is 1. The van der Waals surface area contributed by atoms with Gasteiger partial charge in [0.2, 0.25) is 0 Å². The average Bonchev–Trinajstić information content (AvgIpc) is 2.91. The monoisotopic (exact) mass is 438 g/mol. The summed E-state index contributed by atoms with van der Waals surface area (Å²) in [6, 6.07) is 7.30. The molecule has 0 unspecified atom stereocenters. The number of anilines is 1. The maximum Gasteiger partial charge on any atom is 0.261 e. The van der Waals surface area contributed by atoms with Crippen LogP contribution in [-0.2, 0) is 16.6 Å². The van der Waals surface area contributed by atoms with Crippen molar-refractivity contribution in [2.45, 2.75) is 23.8 Å². The fraction of sp³-hybridized carbons (Fsp3) is 0.294. The Morgan fingerprint density at radius 3 is 2.48 bits per heavy atom. The van der Waals surface area contributed by atoms with E-state index in [2.05, 4.69) is 4.72 Å². The highest BCUT2D eigenvalue weighted by molar-refractivity contribution is 7.92. The third-order valence-corrected chi connectivity index (χ3v) is 6.26. The zero-order valence-corrected chi connectivity index (χ0v) is 16.2. The number of alkyl halides is 2. The maximum atomic E-state index is 13.7. The molecule has 4 nitrogen and oxygen atoms in total. The van der Waals surface area contributed by atoms with Gasteiger partial charge in [0, 0.05) is 19.5 Å². The molecule has 0 radical (unpaired) electrons. The molecular formula is C17H15Cl2F3N2O2S. The number of likely N-dealkylation sites (tertiary alicyclic amines) is 1. The molecule has 3 rings (SSSR count). The van der Waals surface area contributed by atoms with Gasteiger partial charge in [-0.3, -0.25) is 9.62 Å². The Kier molecular flexibility index (Phi) is 5.63. The van der Waals surface area contributed by atoms with Crippen LogP contribution < -0.4 is 4.72 Å². The number of hydrogen-bond donors (Lipinski definition) is 1. The van der Waals surface area contributed by atoms with Gasteiger partial charge in [-0.05, 0) is 35.9 Å². The molecule has 2 aromatic carbocycles. The van der Waals surface area contributed by atoms with Gasteiger partial charge in [-0.15, -0.1) is 0 Å². The Morgan fingerprint density at radius 2 is 1.85 bits per heavy atom. The zero-order chi connectivity index (χ0) is 19.8. The van der Waals surface area contributed by atoms with Crippen molar-refractivity contribution in [1.29, 1.82) is 0 Å². The van der Waals surface area contributed by atoms with Gasteiger partial charge in [0.1, 0.15) is 5.82 Å². The first-order valence-electron chi connectivity index (χ1n) is 7.92. The lowest BCUT2D eigenvalue weighted by atomic mass is 10.1. The first-order valence-corrected chi connectivity index (χ1v) is 10.2. The number of sulfonamides is 1. The van der Waals surface area contributed by atoms with E-state index in [1.54, 1.807) is 0 Å². The summed E-state index contributed by atoms with van der Waals surface area (Å²) >= 11 is 11.6. The molecule has 0 saturated carbocycles. The van der Waals surface area contributed by atoms with Crippen molar-refractivity contribution in [2.24, 2.45) is 0 Å². The second-order valence-corrected chi connectivity index (χ2v) is 8.80. The molecule has 1 aliphatic heterocycles. The van der Waals surface area contributed by atoms with Crippen molar-refractivity contribution in [2.75, 3.05) is 17.8 Å². The first kappa shape index (κ1) is 20.3. The Hall–Kier alpha value is -1.48. The molecule has 10 heteroatoms. The van der Waals surface area contributed by atoms with Crippen molar-refractivity contribution < 1.29 is 21.6 Å². The fourth-order valence-corrected chi connectivity index (χ4v) is 4.29. The Labute approximate surface area is 164 Å². The summed E-state index contributed by atoms with van der Waals surface area (Å²) in [5.74, 6) is -3.43. The molecule has 1 saturated heterocycles. The Morgan fingerprint density at radius 1 is 1.11 bits per heavy atom. The van der Waals surface area contributed by atoms with Crippen molar-refractivity contribution in [3.05, 3.63) is 57.8 Å². The topological polar surface area (TPSA) is 49.4 Å². The van der Waals surface area contributed by atoms with Crippen molar-refractivity contribution in [3.8, 4) is 0 Å². The molecule has 0 bridgehead atoms. The highest BCUT2D eigenvalue weighted by Crippen LogP contribution is 2.31. The summed E-state index contributed by atoms with van der Waals surface area (Å²) in [5.41, 5.74) is 0.369. The molecule has 146 valence electrons. The van der Waals surface area contributed by atoms with E-state index in [4.69, 9.17) is 23.2 Å². The van der Waals surface area contributed by atoms with Gasteiger partial charge in [-0.25, -0.2) is 21.6 Å². The van der Waals surface area contributed by atoms with E-state index >= 15 is 0 Å². The molecule has 1 N–H and O–H groups in total. The van der Waals surface area contributed by atoms with Crippen LogP contribution in [0.4, 0.5) is 18.9 Å². The van der Waals surface area contributed by atoms with Crippen LogP contribution in [-0.4, -0.2) is 32.3 Å². The molecule has 27 heavy (non-hydrogen) atoms. The summed E-state index contributed by atoms with van der Waals surface area (Å²) in [7, 11) is -4.07. The van der Waals surface area contributed by atoms with Gasteiger partial charge in [0.05, 0.1) is 27.2 Å². The van der Waals surface area contributed by atoms with Gasteiger partial charge in [-0.1, -0.05) is 29.3 Å². The van der Waals surface area contributed by atoms with E-state index in [-0.39, 0.29) is 40.1 Å². The number of rotatable bonds is 5. The van der Waals surface area contributed by atoms with E-state index in [0.717, 1.165) is 12.1 Å². The normalized spacial score (nSPS) is 17.2. The lowest BCUT2D eigenvalue weighted by Crippen LogP contribution is -2.25. The number of nitrogens with one attached hydrogen (secondary N) is 1. The Bertz CT molecular complexity index is 971. The molecular weight excluding hydrogens is 424 g/mol. The highest BCUT2D eigenvalue weighted by Gasteiger charge is 2.38. The van der Waals surface area contributed by atoms with Gasteiger partial charge in [0.15, 0.2) is 0 Å².